The summed E-state index contributed by atoms with van der Waals surface area (Å²) in [7, 11) is -4.13. The number of nitrogens with one attached hydrogen (secondary N) is 2. The molecule has 0 aliphatic rings. The minimum absolute atomic E-state index is 0.0160. The number of unbranched alkanes of at least 4 members (excludes halogenated alkanes) is 9. The van der Waals surface area contributed by atoms with Crippen LogP contribution in [-0.4, -0.2) is 39.2 Å². The minimum atomic E-state index is -4.13. The normalized spacial score (nSPS) is 11.4. The highest BCUT2D eigenvalue weighted by Gasteiger charge is 2.23. The molecule has 212 valence electrons. The number of ether oxygens (including phenoxy) is 1. The molecule has 0 atom stereocenters. The molecule has 1 amide bonds. The lowest BCUT2D eigenvalue weighted by Crippen LogP contribution is -2.28. The average molecular weight is 588 g/mol. The van der Waals surface area contributed by atoms with Gasteiger partial charge in [0.15, 0.2) is 5.75 Å². The Kier molecular flexibility index (Phi) is 14.9. The van der Waals surface area contributed by atoms with Crippen molar-refractivity contribution >= 4 is 44.8 Å². The number of phenolic OH excluding ortho intramolecular Hbond substituents is 1. The topological polar surface area (TPSA) is 105 Å². The van der Waals surface area contributed by atoms with E-state index in [1.807, 2.05) is 0 Å². The number of anilines is 1. The van der Waals surface area contributed by atoms with Crippen molar-refractivity contribution in [3.8, 4) is 5.75 Å². The molecule has 7 nitrogen and oxygen atoms in total. The maximum Gasteiger partial charge on any atom is 0.262 e. The molecular weight excluding hydrogens is 547 g/mol. The van der Waals surface area contributed by atoms with Gasteiger partial charge in [-0.1, -0.05) is 100 Å². The van der Waals surface area contributed by atoms with Gasteiger partial charge in [0.2, 0.25) is 0 Å². The summed E-state index contributed by atoms with van der Waals surface area (Å²) in [6.07, 6.45) is 13.4. The maximum absolute atomic E-state index is 13.0. The number of halogens is 2. The van der Waals surface area contributed by atoms with Crippen molar-refractivity contribution in [3.63, 3.8) is 0 Å². The SMILES string of the molecule is CCCCCCCCCCCCOCCCNC(=O)c1ccccc1S(=O)(=O)Nc1cc(Cl)c(O)c(Cl)c1. The number of amides is 1. The highest BCUT2D eigenvalue weighted by Crippen LogP contribution is 2.35. The van der Waals surface area contributed by atoms with E-state index in [0.29, 0.717) is 26.2 Å². The molecule has 2 aromatic carbocycles. The highest BCUT2D eigenvalue weighted by atomic mass is 35.5. The van der Waals surface area contributed by atoms with Crippen molar-refractivity contribution in [3.05, 3.63) is 52.0 Å². The van der Waals surface area contributed by atoms with E-state index in [4.69, 9.17) is 27.9 Å². The number of carbonyl (C=O) groups excluding carboxylic acids is 1. The Morgan fingerprint density at radius 3 is 2.05 bits per heavy atom. The van der Waals surface area contributed by atoms with E-state index in [1.165, 1.54) is 88.1 Å². The van der Waals surface area contributed by atoms with Crippen LogP contribution in [0.25, 0.3) is 0 Å². The number of carbonyl (C=O) groups is 1. The highest BCUT2D eigenvalue weighted by molar-refractivity contribution is 7.92. The van der Waals surface area contributed by atoms with Crippen LogP contribution in [0.1, 0.15) is 87.9 Å². The van der Waals surface area contributed by atoms with E-state index in [-0.39, 0.29) is 31.9 Å². The molecule has 0 heterocycles. The zero-order valence-corrected chi connectivity index (χ0v) is 24.4. The van der Waals surface area contributed by atoms with Gasteiger partial charge in [-0.05, 0) is 37.1 Å². The summed E-state index contributed by atoms with van der Waals surface area (Å²) in [6.45, 7) is 3.84. The van der Waals surface area contributed by atoms with Crippen molar-refractivity contribution in [1.29, 1.82) is 0 Å². The quantitative estimate of drug-likeness (QED) is 0.116. The van der Waals surface area contributed by atoms with Crippen molar-refractivity contribution in [2.45, 2.75) is 82.4 Å². The summed E-state index contributed by atoms with van der Waals surface area (Å²) in [5.74, 6) is -0.842. The van der Waals surface area contributed by atoms with E-state index < -0.39 is 15.9 Å². The van der Waals surface area contributed by atoms with E-state index >= 15 is 0 Å². The fourth-order valence-corrected chi connectivity index (χ4v) is 5.72. The molecule has 0 aliphatic carbocycles. The first-order chi connectivity index (χ1) is 18.3. The fraction of sp³-hybridized carbons (Fsp3) is 0.536. The third kappa shape index (κ3) is 11.4. The molecule has 10 heteroatoms. The second-order valence-electron chi connectivity index (χ2n) is 9.29. The third-order valence-electron chi connectivity index (χ3n) is 6.08. The van der Waals surface area contributed by atoms with Gasteiger partial charge in [0, 0.05) is 19.8 Å². The van der Waals surface area contributed by atoms with Crippen LogP contribution in [0.5, 0.6) is 5.75 Å². The molecular formula is C28H40Cl2N2O5S. The predicted molar refractivity (Wildman–Crippen MR) is 155 cm³/mol. The van der Waals surface area contributed by atoms with Crippen molar-refractivity contribution in [2.24, 2.45) is 0 Å². The number of hydrogen-bond acceptors (Lipinski definition) is 5. The van der Waals surface area contributed by atoms with Crippen molar-refractivity contribution in [2.75, 3.05) is 24.5 Å². The van der Waals surface area contributed by atoms with Gasteiger partial charge >= 0.3 is 0 Å². The maximum atomic E-state index is 13.0. The Bertz CT molecular complexity index is 1090. The standard InChI is InChI=1S/C28H40Cl2N2O5S/c1-2-3-4-5-6-7-8-9-10-13-18-37-19-14-17-31-28(34)23-15-11-12-16-26(23)38(35,36)32-22-20-24(29)27(33)25(30)21-22/h11-12,15-16,20-21,32-33H,2-10,13-14,17-19H2,1H3,(H,31,34). The lowest BCUT2D eigenvalue weighted by molar-refractivity contribution is 0.0936. The molecule has 0 bridgehead atoms. The van der Waals surface area contributed by atoms with E-state index in [9.17, 15) is 18.3 Å². The first-order valence-corrected chi connectivity index (χ1v) is 15.7. The molecule has 3 N–H and O–H groups in total. The van der Waals surface area contributed by atoms with Gasteiger partial charge in [0.25, 0.3) is 15.9 Å². The molecule has 0 saturated heterocycles. The smallest absolute Gasteiger partial charge is 0.262 e. The molecule has 0 unspecified atom stereocenters. The zero-order chi connectivity index (χ0) is 27.8. The van der Waals surface area contributed by atoms with Gasteiger partial charge in [-0.15, -0.1) is 0 Å². The predicted octanol–water partition coefficient (Wildman–Crippen LogP) is 7.56. The summed E-state index contributed by atoms with van der Waals surface area (Å²) in [6, 6.07) is 8.39. The van der Waals surface area contributed by atoms with Gasteiger partial charge in [0.1, 0.15) is 4.90 Å². The van der Waals surface area contributed by atoms with E-state index in [0.717, 1.165) is 6.42 Å². The largest absolute Gasteiger partial charge is 0.505 e. The van der Waals surface area contributed by atoms with Gasteiger partial charge in [-0.25, -0.2) is 8.42 Å². The average Bonchev–Trinajstić information content (AvgIpc) is 2.89. The van der Waals surface area contributed by atoms with Crippen LogP contribution in [0.4, 0.5) is 5.69 Å². The summed E-state index contributed by atoms with van der Waals surface area (Å²) in [4.78, 5) is 12.5. The number of benzene rings is 2. The lowest BCUT2D eigenvalue weighted by Gasteiger charge is -2.13. The minimum Gasteiger partial charge on any atom is -0.505 e. The summed E-state index contributed by atoms with van der Waals surface area (Å²) < 4.78 is 34.0. The van der Waals surface area contributed by atoms with Gasteiger partial charge in [-0.3, -0.25) is 9.52 Å². The molecule has 0 spiro atoms. The van der Waals surface area contributed by atoms with Crippen LogP contribution in [0.2, 0.25) is 10.0 Å². The summed E-state index contributed by atoms with van der Waals surface area (Å²) >= 11 is 11.8. The molecule has 2 rings (SSSR count). The van der Waals surface area contributed by atoms with Gasteiger partial charge in [-0.2, -0.15) is 0 Å². The summed E-state index contributed by atoms with van der Waals surface area (Å²) in [5, 5.41) is 12.2. The Balaban J connectivity index is 1.69. The van der Waals surface area contributed by atoms with Crippen molar-refractivity contribution < 1.29 is 23.1 Å². The van der Waals surface area contributed by atoms with Gasteiger partial charge < -0.3 is 15.2 Å². The van der Waals surface area contributed by atoms with Crippen molar-refractivity contribution in [1.82, 2.24) is 5.32 Å². The van der Waals surface area contributed by atoms with Crippen LogP contribution in [0, 0.1) is 0 Å². The monoisotopic (exact) mass is 586 g/mol. The second kappa shape index (κ2) is 17.6. The first-order valence-electron chi connectivity index (χ1n) is 13.4. The Labute approximate surface area is 237 Å². The summed E-state index contributed by atoms with van der Waals surface area (Å²) in [5.41, 5.74) is 0.0785. The molecule has 38 heavy (non-hydrogen) atoms. The molecule has 0 aromatic heterocycles. The number of hydrogen-bond donors (Lipinski definition) is 3. The number of rotatable bonds is 19. The van der Waals surface area contributed by atoms with Crippen LogP contribution >= 0.6 is 23.2 Å². The lowest BCUT2D eigenvalue weighted by atomic mass is 10.1. The molecule has 2 aromatic rings. The van der Waals surface area contributed by atoms with E-state index in [1.54, 1.807) is 6.07 Å². The number of sulfonamides is 1. The first kappa shape index (κ1) is 32.2. The molecule has 0 saturated carbocycles. The fourth-order valence-electron chi connectivity index (χ4n) is 3.99. The Hall–Kier alpha value is -2.00. The Morgan fingerprint density at radius 1 is 0.868 bits per heavy atom. The van der Waals surface area contributed by atoms with Crippen LogP contribution in [-0.2, 0) is 14.8 Å². The second-order valence-corrected chi connectivity index (χ2v) is 11.8. The van der Waals surface area contributed by atoms with Crippen LogP contribution < -0.4 is 10.0 Å². The zero-order valence-electron chi connectivity index (χ0n) is 22.1. The molecule has 0 radical (unpaired) electrons. The van der Waals surface area contributed by atoms with E-state index in [2.05, 4.69) is 17.0 Å². The van der Waals surface area contributed by atoms with Crippen LogP contribution in [0.3, 0.4) is 0 Å². The van der Waals surface area contributed by atoms with Gasteiger partial charge in [0.05, 0.1) is 21.3 Å². The van der Waals surface area contributed by atoms with Crippen LogP contribution in [0.15, 0.2) is 41.3 Å². The number of phenols is 1. The Morgan fingerprint density at radius 2 is 1.42 bits per heavy atom. The molecule has 0 aliphatic heterocycles. The number of aromatic hydroxyl groups is 1. The molecule has 0 fully saturated rings. The third-order valence-corrected chi connectivity index (χ3v) is 8.10.